The number of rotatable bonds is 4. The summed E-state index contributed by atoms with van der Waals surface area (Å²) in [4.78, 5) is 47.9. The first kappa shape index (κ1) is 18.9. The third kappa shape index (κ3) is 2.91. The molecule has 29 heavy (non-hydrogen) atoms. The number of amides is 3. The Morgan fingerprint density at radius 2 is 1.93 bits per heavy atom. The smallest absolute Gasteiger partial charge is 0.328 e. The van der Waals surface area contributed by atoms with Crippen LogP contribution in [-0.2, 0) is 14.3 Å². The highest BCUT2D eigenvalue weighted by Gasteiger charge is 2.54. The summed E-state index contributed by atoms with van der Waals surface area (Å²) >= 11 is 0. The van der Waals surface area contributed by atoms with Gasteiger partial charge in [0.05, 0.1) is 6.61 Å². The van der Waals surface area contributed by atoms with Gasteiger partial charge in [0, 0.05) is 24.6 Å². The van der Waals surface area contributed by atoms with E-state index in [0.717, 1.165) is 10.6 Å². The van der Waals surface area contributed by atoms with Crippen molar-refractivity contribution < 1.29 is 23.5 Å². The Morgan fingerprint density at radius 3 is 2.59 bits per heavy atom. The highest BCUT2D eigenvalue weighted by Crippen LogP contribution is 2.36. The Kier molecular flexibility index (Phi) is 4.48. The highest BCUT2D eigenvalue weighted by atomic mass is 19.1. The molecule has 0 aromatic heterocycles. The van der Waals surface area contributed by atoms with Crippen LogP contribution >= 0.6 is 0 Å². The second kappa shape index (κ2) is 6.87. The molecule has 0 aliphatic carbocycles. The van der Waals surface area contributed by atoms with Crippen molar-refractivity contribution in [3.63, 3.8) is 0 Å². The van der Waals surface area contributed by atoms with Gasteiger partial charge in [-0.3, -0.25) is 19.4 Å². The van der Waals surface area contributed by atoms with Gasteiger partial charge in [-0.2, -0.15) is 0 Å². The number of esters is 1. The molecule has 3 aliphatic heterocycles. The van der Waals surface area contributed by atoms with Crippen molar-refractivity contribution in [3.05, 3.63) is 42.0 Å². The number of halogens is 1. The van der Waals surface area contributed by atoms with Crippen molar-refractivity contribution >= 4 is 29.6 Å². The maximum Gasteiger partial charge on any atom is 0.328 e. The van der Waals surface area contributed by atoms with Crippen molar-refractivity contribution in [3.8, 4) is 0 Å². The number of urea groups is 1. The average Bonchev–Trinajstić information content (AvgIpc) is 3.19. The van der Waals surface area contributed by atoms with E-state index in [0.29, 0.717) is 11.6 Å². The summed E-state index contributed by atoms with van der Waals surface area (Å²) in [5, 5.41) is 0. The number of imide groups is 1. The van der Waals surface area contributed by atoms with Crippen LogP contribution in [0.2, 0.25) is 0 Å². The maximum atomic E-state index is 13.3. The van der Waals surface area contributed by atoms with Crippen molar-refractivity contribution in [2.75, 3.05) is 25.1 Å². The number of anilines is 1. The van der Waals surface area contributed by atoms with E-state index in [-0.39, 0.29) is 12.4 Å². The van der Waals surface area contributed by atoms with Gasteiger partial charge in [0.15, 0.2) is 12.2 Å². The van der Waals surface area contributed by atoms with E-state index in [2.05, 4.69) is 4.99 Å². The standard InChI is InChI=1S/C19H20FN5O4/c1-4-29-14(26)10-24-17(27)15-16(22(3)19(24)28)21-18-23(15)9-11(2)25(18)13-7-5-12(20)6-8-13/h5-9,15-16H,4,10H2,1-3H3. The van der Waals surface area contributed by atoms with E-state index in [4.69, 9.17) is 4.74 Å². The van der Waals surface area contributed by atoms with Gasteiger partial charge in [-0.1, -0.05) is 0 Å². The molecule has 4 rings (SSSR count). The fourth-order valence-electron chi connectivity index (χ4n) is 3.74. The fourth-order valence-corrected chi connectivity index (χ4v) is 3.74. The Balaban J connectivity index is 1.65. The minimum Gasteiger partial charge on any atom is -0.465 e. The van der Waals surface area contributed by atoms with Gasteiger partial charge in [-0.25, -0.2) is 14.2 Å². The molecule has 2 unspecified atom stereocenters. The second-order valence-electron chi connectivity index (χ2n) is 6.90. The molecule has 0 bridgehead atoms. The van der Waals surface area contributed by atoms with Gasteiger partial charge in [0.1, 0.15) is 12.4 Å². The van der Waals surface area contributed by atoms with Crippen LogP contribution in [0.4, 0.5) is 14.9 Å². The Morgan fingerprint density at radius 1 is 1.24 bits per heavy atom. The first-order valence-electron chi connectivity index (χ1n) is 9.17. The molecule has 9 nitrogen and oxygen atoms in total. The summed E-state index contributed by atoms with van der Waals surface area (Å²) in [6, 6.07) is 4.52. The Hall–Kier alpha value is -3.43. The molecule has 0 spiro atoms. The zero-order valence-corrected chi connectivity index (χ0v) is 16.2. The Bertz CT molecular complexity index is 944. The van der Waals surface area contributed by atoms with Crippen LogP contribution in [0.3, 0.4) is 0 Å². The molecule has 1 aromatic rings. The van der Waals surface area contributed by atoms with Gasteiger partial charge in [-0.05, 0) is 38.1 Å². The minimum absolute atomic E-state index is 0.158. The normalized spacial score (nSPS) is 23.2. The zero-order chi connectivity index (χ0) is 20.9. The molecule has 0 N–H and O–H groups in total. The topological polar surface area (TPSA) is 85.8 Å². The van der Waals surface area contributed by atoms with E-state index in [1.807, 2.05) is 6.92 Å². The van der Waals surface area contributed by atoms with Gasteiger partial charge in [0.2, 0.25) is 5.96 Å². The van der Waals surface area contributed by atoms with E-state index in [1.54, 1.807) is 35.1 Å². The number of likely N-dealkylation sites (N-methyl/N-ethyl adjacent to an activating group) is 1. The molecule has 3 amide bonds. The number of ether oxygens (including phenoxy) is 1. The molecular formula is C19H20FN5O4. The molecule has 0 radical (unpaired) electrons. The van der Waals surface area contributed by atoms with Crippen LogP contribution < -0.4 is 4.90 Å². The van der Waals surface area contributed by atoms with Crippen LogP contribution in [-0.4, -0.2) is 71.0 Å². The third-order valence-corrected chi connectivity index (χ3v) is 5.07. The summed E-state index contributed by atoms with van der Waals surface area (Å²) in [5.74, 6) is -1.06. The van der Waals surface area contributed by atoms with Crippen LogP contribution in [0.5, 0.6) is 0 Å². The molecule has 3 aliphatic rings. The zero-order valence-electron chi connectivity index (χ0n) is 16.2. The van der Waals surface area contributed by atoms with Crippen molar-refractivity contribution in [2.45, 2.75) is 26.1 Å². The summed E-state index contributed by atoms with van der Waals surface area (Å²) in [6.07, 6.45) is 1.03. The van der Waals surface area contributed by atoms with Crippen molar-refractivity contribution in [1.82, 2.24) is 14.7 Å². The average molecular weight is 401 g/mol. The van der Waals surface area contributed by atoms with Gasteiger partial charge < -0.3 is 14.5 Å². The van der Waals surface area contributed by atoms with E-state index in [1.165, 1.54) is 24.1 Å². The molecule has 152 valence electrons. The maximum absolute atomic E-state index is 13.3. The van der Waals surface area contributed by atoms with Crippen LogP contribution in [0.1, 0.15) is 13.8 Å². The van der Waals surface area contributed by atoms with Crippen LogP contribution in [0, 0.1) is 5.82 Å². The van der Waals surface area contributed by atoms with Crippen molar-refractivity contribution in [1.29, 1.82) is 0 Å². The van der Waals surface area contributed by atoms with Crippen LogP contribution in [0.15, 0.2) is 41.2 Å². The Labute approximate surface area is 166 Å². The van der Waals surface area contributed by atoms with E-state index >= 15 is 0 Å². The van der Waals surface area contributed by atoms with Gasteiger partial charge in [-0.15, -0.1) is 0 Å². The number of benzene rings is 1. The minimum atomic E-state index is -0.789. The number of nitrogens with zero attached hydrogens (tertiary/aromatic N) is 5. The molecule has 2 atom stereocenters. The molecule has 1 saturated heterocycles. The monoisotopic (exact) mass is 401 g/mol. The highest BCUT2D eigenvalue weighted by molar-refractivity contribution is 6.10. The number of aliphatic imine (C=N–C) groups is 1. The molecule has 0 saturated carbocycles. The molecule has 10 heteroatoms. The second-order valence-corrected chi connectivity index (χ2v) is 6.90. The largest absolute Gasteiger partial charge is 0.465 e. The van der Waals surface area contributed by atoms with E-state index in [9.17, 15) is 18.8 Å². The first-order chi connectivity index (χ1) is 13.8. The predicted molar refractivity (Wildman–Crippen MR) is 101 cm³/mol. The number of allylic oxidation sites excluding steroid dienone is 1. The molecule has 1 aromatic carbocycles. The van der Waals surface area contributed by atoms with Crippen molar-refractivity contribution in [2.24, 2.45) is 4.99 Å². The van der Waals surface area contributed by atoms with Gasteiger partial charge in [0.25, 0.3) is 5.91 Å². The summed E-state index contributed by atoms with van der Waals surface area (Å²) in [6.45, 7) is 3.20. The number of hydrogen-bond acceptors (Lipinski definition) is 7. The lowest BCUT2D eigenvalue weighted by Crippen LogP contribution is -2.65. The summed E-state index contributed by atoms with van der Waals surface area (Å²) < 4.78 is 18.2. The number of guanidine groups is 1. The van der Waals surface area contributed by atoms with Crippen LogP contribution in [0.25, 0.3) is 0 Å². The van der Waals surface area contributed by atoms with Gasteiger partial charge >= 0.3 is 12.0 Å². The quantitative estimate of drug-likeness (QED) is 0.708. The molecule has 1 fully saturated rings. The third-order valence-electron chi connectivity index (χ3n) is 5.07. The first-order valence-corrected chi connectivity index (χ1v) is 9.17. The number of hydrogen-bond donors (Lipinski definition) is 0. The number of carbonyl (C=O) groups excluding carboxylic acids is 3. The lowest BCUT2D eigenvalue weighted by molar-refractivity contribution is -0.150. The molecule has 3 heterocycles. The number of fused-ring (bicyclic) bond motifs is 3. The summed E-state index contributed by atoms with van der Waals surface area (Å²) in [5.41, 5.74) is 1.47. The molecular weight excluding hydrogens is 381 g/mol. The predicted octanol–water partition coefficient (Wildman–Crippen LogP) is 1.33. The SMILES string of the molecule is CCOC(=O)CN1C(=O)C2C(N=C3N(c4ccc(F)cc4)C(C)=CN32)N(C)C1=O. The van der Waals surface area contributed by atoms with E-state index < -0.39 is 36.7 Å². The lowest BCUT2D eigenvalue weighted by Gasteiger charge is -2.39. The number of carbonyl (C=O) groups is 3. The summed E-state index contributed by atoms with van der Waals surface area (Å²) in [7, 11) is 1.54. The fraction of sp³-hybridized carbons (Fsp3) is 0.368. The lowest BCUT2D eigenvalue weighted by atomic mass is 10.1.